The Morgan fingerprint density at radius 2 is 1.77 bits per heavy atom. The molecule has 0 unspecified atom stereocenters. The Balaban J connectivity index is 1.23. The molecule has 5 rings (SSSR count). The molecule has 4 heterocycles. The number of hydrogen-bond donors (Lipinski definition) is 2. The van der Waals surface area contributed by atoms with Gasteiger partial charge in [0, 0.05) is 56.5 Å². The molecule has 2 aliphatic rings. The smallest absolute Gasteiger partial charge is 0.291 e. The van der Waals surface area contributed by atoms with E-state index in [1.807, 2.05) is 4.90 Å². The van der Waals surface area contributed by atoms with E-state index >= 15 is 0 Å². The van der Waals surface area contributed by atoms with E-state index in [-0.39, 0.29) is 51.3 Å². The van der Waals surface area contributed by atoms with Crippen LogP contribution in [0, 0.1) is 5.92 Å². The summed E-state index contributed by atoms with van der Waals surface area (Å²) in [5, 5.41) is 6.11. The molecule has 0 spiro atoms. The number of alkyl halides is 2. The molecule has 43 heavy (non-hydrogen) atoms. The molecule has 14 heteroatoms. The molecular formula is C29H32ClF2N7O4. The molecule has 0 aliphatic carbocycles. The fourth-order valence-electron chi connectivity index (χ4n) is 5.40. The second-order valence-electron chi connectivity index (χ2n) is 10.4. The summed E-state index contributed by atoms with van der Waals surface area (Å²) in [4.78, 5) is 50.6. The maximum atomic E-state index is 13.7. The van der Waals surface area contributed by atoms with Crippen LogP contribution in [0.2, 0.25) is 5.02 Å². The zero-order valence-corrected chi connectivity index (χ0v) is 24.5. The zero-order valence-electron chi connectivity index (χ0n) is 23.8. The Bertz CT molecular complexity index is 1520. The van der Waals surface area contributed by atoms with E-state index in [1.165, 1.54) is 49.2 Å². The molecule has 3 amide bonds. The van der Waals surface area contributed by atoms with Crippen molar-refractivity contribution in [1.82, 2.24) is 29.7 Å². The molecule has 0 radical (unpaired) electrons. The predicted molar refractivity (Wildman–Crippen MR) is 155 cm³/mol. The van der Waals surface area contributed by atoms with E-state index in [9.17, 15) is 23.2 Å². The molecule has 11 nitrogen and oxygen atoms in total. The number of piperazine rings is 1. The molecule has 3 aromatic rings. The highest BCUT2D eigenvalue weighted by Crippen LogP contribution is 2.32. The van der Waals surface area contributed by atoms with Crippen LogP contribution in [0.1, 0.15) is 45.9 Å². The van der Waals surface area contributed by atoms with Gasteiger partial charge < -0.3 is 29.7 Å². The normalized spacial score (nSPS) is 16.0. The van der Waals surface area contributed by atoms with Gasteiger partial charge in [0.1, 0.15) is 5.69 Å². The molecule has 1 aromatic carbocycles. The van der Waals surface area contributed by atoms with E-state index in [0.717, 1.165) is 25.9 Å². The predicted octanol–water partition coefficient (Wildman–Crippen LogP) is 3.62. The summed E-state index contributed by atoms with van der Waals surface area (Å²) in [5.41, 5.74) is 0.506. The van der Waals surface area contributed by atoms with Crippen molar-refractivity contribution in [2.75, 3.05) is 51.7 Å². The lowest BCUT2D eigenvalue weighted by molar-refractivity contribution is -0.137. The largest absolute Gasteiger partial charge is 0.481 e. The molecule has 2 aromatic heterocycles. The molecule has 0 bridgehead atoms. The van der Waals surface area contributed by atoms with Gasteiger partial charge >= 0.3 is 0 Å². The van der Waals surface area contributed by atoms with Crippen molar-refractivity contribution in [2.24, 2.45) is 13.0 Å². The van der Waals surface area contributed by atoms with Crippen LogP contribution in [-0.2, 0) is 11.8 Å². The second kappa shape index (κ2) is 13.0. The SMILES string of the molecule is COc1ccc(-c2cnc(C(=O)Nc3ccc(C(=O)N4CCN(C(=O)C5CCNCC5)CC4)c(Cl)c3)n2C)c(C(F)F)n1. The van der Waals surface area contributed by atoms with Crippen molar-refractivity contribution in [3.8, 4) is 17.1 Å². The Morgan fingerprint density at radius 1 is 1.07 bits per heavy atom. The molecule has 2 fully saturated rings. The molecule has 228 valence electrons. The number of benzene rings is 1. The fourth-order valence-corrected chi connectivity index (χ4v) is 5.67. The van der Waals surface area contributed by atoms with Gasteiger partial charge in [-0.15, -0.1) is 0 Å². The van der Waals surface area contributed by atoms with Crippen molar-refractivity contribution in [2.45, 2.75) is 19.3 Å². The van der Waals surface area contributed by atoms with Crippen molar-refractivity contribution >= 4 is 35.0 Å². The minimum absolute atomic E-state index is 0.0285. The molecule has 2 saturated heterocycles. The third-order valence-electron chi connectivity index (χ3n) is 7.81. The van der Waals surface area contributed by atoms with Crippen LogP contribution in [0.3, 0.4) is 0 Å². The number of halogens is 3. The van der Waals surface area contributed by atoms with Crippen LogP contribution in [0.25, 0.3) is 11.3 Å². The fraction of sp³-hybridized carbons (Fsp3) is 0.414. The van der Waals surface area contributed by atoms with E-state index < -0.39 is 18.0 Å². The number of piperidine rings is 1. The van der Waals surface area contributed by atoms with Gasteiger partial charge in [-0.1, -0.05) is 11.6 Å². The number of nitrogens with zero attached hydrogens (tertiary/aromatic N) is 5. The van der Waals surface area contributed by atoms with E-state index in [4.69, 9.17) is 16.3 Å². The van der Waals surface area contributed by atoms with E-state index in [0.29, 0.717) is 31.9 Å². The summed E-state index contributed by atoms with van der Waals surface area (Å²) >= 11 is 6.46. The number of carbonyl (C=O) groups excluding carboxylic acids is 3. The van der Waals surface area contributed by atoms with Gasteiger partial charge in [0.2, 0.25) is 11.8 Å². The lowest BCUT2D eigenvalue weighted by Gasteiger charge is -2.37. The first-order chi connectivity index (χ1) is 20.7. The van der Waals surface area contributed by atoms with E-state index in [1.54, 1.807) is 11.0 Å². The number of carbonyl (C=O) groups is 3. The first-order valence-corrected chi connectivity index (χ1v) is 14.3. The number of hydrogen-bond acceptors (Lipinski definition) is 7. The van der Waals surface area contributed by atoms with Crippen molar-refractivity contribution in [3.63, 3.8) is 0 Å². The minimum atomic E-state index is -2.87. The Labute approximate surface area is 252 Å². The first kappa shape index (κ1) is 30.4. The van der Waals surface area contributed by atoms with Crippen molar-refractivity contribution in [3.05, 3.63) is 58.6 Å². The van der Waals surface area contributed by atoms with E-state index in [2.05, 4.69) is 20.6 Å². The first-order valence-electron chi connectivity index (χ1n) is 13.9. The molecule has 2 N–H and O–H groups in total. The lowest BCUT2D eigenvalue weighted by atomic mass is 9.96. The number of rotatable bonds is 7. The highest BCUT2D eigenvalue weighted by molar-refractivity contribution is 6.34. The molecule has 0 saturated carbocycles. The van der Waals surface area contributed by atoms with Gasteiger partial charge in [-0.3, -0.25) is 14.4 Å². The molecular weight excluding hydrogens is 584 g/mol. The van der Waals surface area contributed by atoms with Gasteiger partial charge in [-0.2, -0.15) is 0 Å². The number of imidazole rings is 1. The third kappa shape index (κ3) is 6.47. The maximum absolute atomic E-state index is 13.7. The average Bonchev–Trinajstić information content (AvgIpc) is 3.41. The monoisotopic (exact) mass is 615 g/mol. The number of aromatic nitrogens is 3. The Morgan fingerprint density at radius 3 is 2.42 bits per heavy atom. The molecule has 0 atom stereocenters. The number of pyridine rings is 1. The summed E-state index contributed by atoms with van der Waals surface area (Å²) in [5.74, 6) is -0.650. The summed E-state index contributed by atoms with van der Waals surface area (Å²) in [6, 6.07) is 7.45. The quantitative estimate of drug-likeness (QED) is 0.416. The van der Waals surface area contributed by atoms with Crippen LogP contribution in [0.4, 0.5) is 14.5 Å². The lowest BCUT2D eigenvalue weighted by Crippen LogP contribution is -2.52. The zero-order chi connectivity index (χ0) is 30.7. The number of nitrogens with one attached hydrogen (secondary N) is 2. The summed E-state index contributed by atoms with van der Waals surface area (Å²) in [6.07, 6.45) is 0.111. The number of anilines is 1. The van der Waals surface area contributed by atoms with Gasteiger partial charge in [0.15, 0.2) is 5.82 Å². The summed E-state index contributed by atoms with van der Waals surface area (Å²) in [6.45, 7) is 3.44. The third-order valence-corrected chi connectivity index (χ3v) is 8.12. The Kier molecular flexibility index (Phi) is 9.21. The van der Waals surface area contributed by atoms with Crippen LogP contribution in [0.15, 0.2) is 36.5 Å². The summed E-state index contributed by atoms with van der Waals surface area (Å²) < 4.78 is 33.7. The van der Waals surface area contributed by atoms with Crippen molar-refractivity contribution in [1.29, 1.82) is 0 Å². The maximum Gasteiger partial charge on any atom is 0.291 e. The van der Waals surface area contributed by atoms with Gasteiger partial charge in [0.05, 0.1) is 29.6 Å². The minimum Gasteiger partial charge on any atom is -0.481 e. The van der Waals surface area contributed by atoms with Gasteiger partial charge in [0.25, 0.3) is 18.2 Å². The number of methoxy groups -OCH3 is 1. The number of amides is 3. The molecule has 2 aliphatic heterocycles. The number of ether oxygens (including phenoxy) is 1. The second-order valence-corrected chi connectivity index (χ2v) is 10.8. The van der Waals surface area contributed by atoms with Crippen LogP contribution in [-0.4, -0.2) is 88.4 Å². The topological polar surface area (TPSA) is 122 Å². The highest BCUT2D eigenvalue weighted by atomic mass is 35.5. The highest BCUT2D eigenvalue weighted by Gasteiger charge is 2.30. The van der Waals surface area contributed by atoms with Gasteiger partial charge in [-0.25, -0.2) is 18.7 Å². The van der Waals surface area contributed by atoms with Crippen LogP contribution < -0.4 is 15.4 Å². The standard InChI is InChI=1S/C29H32ClF2N7O4/c1-37-22(20-5-6-23(43-2)36-24(20)25(31)32)16-34-26(37)27(40)35-18-3-4-19(21(30)15-18)29(42)39-13-11-38(12-14-39)28(41)17-7-9-33-10-8-17/h3-6,15-17,25,33H,7-14H2,1-2H3,(H,35,40). The van der Waals surface area contributed by atoms with Crippen molar-refractivity contribution < 1.29 is 27.9 Å². The Hall–Kier alpha value is -4.10. The summed E-state index contributed by atoms with van der Waals surface area (Å²) in [7, 11) is 2.87. The average molecular weight is 616 g/mol. The van der Waals surface area contributed by atoms with Crippen LogP contribution >= 0.6 is 11.6 Å². The van der Waals surface area contributed by atoms with Crippen LogP contribution in [0.5, 0.6) is 5.88 Å². The van der Waals surface area contributed by atoms with Gasteiger partial charge in [-0.05, 0) is 50.2 Å².